The molecule has 3 rings (SSSR count). The highest BCUT2D eigenvalue weighted by atomic mass is 32.2. The molecule has 0 spiro atoms. The molecule has 0 aromatic heterocycles. The number of allylic oxidation sites excluding steroid dienone is 5. The second kappa shape index (κ2) is 7.53. The van der Waals surface area contributed by atoms with Crippen molar-refractivity contribution in [1.82, 2.24) is 0 Å². The third-order valence-corrected chi connectivity index (χ3v) is 4.25. The Morgan fingerprint density at radius 3 is 2.35 bits per heavy atom. The van der Waals surface area contributed by atoms with Crippen molar-refractivity contribution in [2.24, 2.45) is 0 Å². The number of ether oxygens (including phenoxy) is 1. The summed E-state index contributed by atoms with van der Waals surface area (Å²) in [5, 5.41) is 0.400. The fourth-order valence-electron chi connectivity index (χ4n) is 1.98. The highest BCUT2D eigenvalue weighted by Crippen LogP contribution is 2.39. The zero-order valence-corrected chi connectivity index (χ0v) is 13.0. The van der Waals surface area contributed by atoms with Crippen LogP contribution in [0.15, 0.2) is 60.2 Å². The average molecular weight is 340 g/mol. The van der Waals surface area contributed by atoms with Crippen LogP contribution in [-0.2, 0) is 0 Å². The summed E-state index contributed by atoms with van der Waals surface area (Å²) in [5.41, 5.74) is 2.47. The van der Waals surface area contributed by atoms with E-state index in [0.717, 1.165) is 5.75 Å². The number of thioether (sulfide) groups is 1. The minimum absolute atomic E-state index is 0.400. The van der Waals surface area contributed by atoms with Crippen molar-refractivity contribution in [2.45, 2.75) is 5.25 Å². The molecule has 0 amide bonds. The molecule has 1 aliphatic heterocycles. The molecule has 0 fully saturated rings. The maximum absolute atomic E-state index is 9.75. The Hall–Kier alpha value is -1.98. The first kappa shape index (κ1) is 17.4. The van der Waals surface area contributed by atoms with Gasteiger partial charge in [-0.25, -0.2) is 0 Å². The maximum atomic E-state index is 9.75. The van der Waals surface area contributed by atoms with E-state index in [9.17, 15) is 17.3 Å². The Bertz CT molecular complexity index is 654. The van der Waals surface area contributed by atoms with Crippen molar-refractivity contribution in [3.05, 3.63) is 71.9 Å². The van der Waals surface area contributed by atoms with E-state index in [1.807, 2.05) is 23.9 Å². The second-order valence-corrected chi connectivity index (χ2v) is 5.80. The molecule has 0 radical (unpaired) electrons. The molecule has 7 heteroatoms. The van der Waals surface area contributed by atoms with E-state index >= 15 is 0 Å². The fraction of sp³-hybridized carbons (Fsp3) is 0.125. The summed E-state index contributed by atoms with van der Waals surface area (Å²) < 4.78 is 44.2. The van der Waals surface area contributed by atoms with Crippen molar-refractivity contribution in [3.63, 3.8) is 0 Å². The van der Waals surface area contributed by atoms with E-state index in [1.165, 1.54) is 16.0 Å². The van der Waals surface area contributed by atoms with Crippen LogP contribution >= 0.6 is 11.8 Å². The van der Waals surface area contributed by atoms with Gasteiger partial charge in [0, 0.05) is 17.7 Å². The monoisotopic (exact) mass is 340 g/mol. The number of fused-ring (bicyclic) bond motifs is 1. The Morgan fingerprint density at radius 2 is 1.74 bits per heavy atom. The number of rotatable bonds is 2. The van der Waals surface area contributed by atoms with Crippen molar-refractivity contribution in [1.29, 1.82) is 0 Å². The highest BCUT2D eigenvalue weighted by Gasteiger charge is 2.26. The summed E-state index contributed by atoms with van der Waals surface area (Å²) in [4.78, 5) is 1.26. The first-order valence-corrected chi connectivity index (χ1v) is 7.61. The summed E-state index contributed by atoms with van der Waals surface area (Å²) in [6.45, 7) is 0. The number of hydrogen-bond acceptors (Lipinski definition) is 2. The van der Waals surface area contributed by atoms with Gasteiger partial charge in [-0.2, -0.15) is 0 Å². The van der Waals surface area contributed by atoms with Crippen LogP contribution in [0.4, 0.5) is 17.3 Å². The van der Waals surface area contributed by atoms with Crippen LogP contribution < -0.4 is 4.74 Å². The zero-order chi connectivity index (χ0) is 16.9. The second-order valence-electron chi connectivity index (χ2n) is 4.61. The molecule has 1 aromatic rings. The van der Waals surface area contributed by atoms with Gasteiger partial charge in [-0.05, 0) is 42.1 Å². The molecule has 1 heterocycles. The van der Waals surface area contributed by atoms with Gasteiger partial charge in [0.25, 0.3) is 0 Å². The van der Waals surface area contributed by atoms with Crippen LogP contribution in [0.2, 0.25) is 0 Å². The van der Waals surface area contributed by atoms with Gasteiger partial charge < -0.3 is 22.0 Å². The third kappa shape index (κ3) is 5.62. The van der Waals surface area contributed by atoms with Gasteiger partial charge in [0.15, 0.2) is 0 Å². The SMILES string of the molecule is COc1ccc(C2=C[C+]=C3C=CC=C[C@H]3S2)cc1.F[B-](F)(F)F. The van der Waals surface area contributed by atoms with Gasteiger partial charge in [-0.1, -0.05) is 12.2 Å². The molecular formula is C16H13BF4OS. The summed E-state index contributed by atoms with van der Waals surface area (Å²) >= 11 is 1.86. The van der Waals surface area contributed by atoms with E-state index in [4.69, 9.17) is 4.74 Å². The summed E-state index contributed by atoms with van der Waals surface area (Å²) in [5.74, 6) is 0.890. The lowest BCUT2D eigenvalue weighted by Gasteiger charge is -2.14. The summed E-state index contributed by atoms with van der Waals surface area (Å²) in [7, 11) is -4.31. The minimum Gasteiger partial charge on any atom is -0.497 e. The molecule has 0 bridgehead atoms. The Kier molecular flexibility index (Phi) is 5.69. The Morgan fingerprint density at radius 1 is 1.09 bits per heavy atom. The van der Waals surface area contributed by atoms with E-state index in [-0.39, 0.29) is 0 Å². The molecule has 1 aromatic carbocycles. The normalized spacial score (nSPS) is 18.7. The van der Waals surface area contributed by atoms with Crippen LogP contribution in [0.25, 0.3) is 4.91 Å². The first-order chi connectivity index (χ1) is 10.9. The standard InChI is InChI=1S/C16H13OS.BF4/c1-17-14-9-6-13(7-10-14)16-11-8-12-4-2-3-5-15(12)18-16;2-1(3,4)5/h2-7,9-11,15H,1H3;/q+1;-1/t15-;/m1./s1. The van der Waals surface area contributed by atoms with Crippen molar-refractivity contribution < 1.29 is 22.0 Å². The number of hydrogen-bond donors (Lipinski definition) is 0. The first-order valence-electron chi connectivity index (χ1n) is 6.73. The maximum Gasteiger partial charge on any atom is 0.673 e. The van der Waals surface area contributed by atoms with Crippen LogP contribution in [-0.4, -0.2) is 19.6 Å². The Labute approximate surface area is 136 Å². The van der Waals surface area contributed by atoms with Gasteiger partial charge in [-0.3, -0.25) is 0 Å². The number of benzene rings is 1. The average Bonchev–Trinajstić information content (AvgIpc) is 2.53. The molecule has 2 aliphatic rings. The smallest absolute Gasteiger partial charge is 0.497 e. The quantitative estimate of drug-likeness (QED) is 0.410. The van der Waals surface area contributed by atoms with Crippen molar-refractivity contribution in [3.8, 4) is 5.75 Å². The topological polar surface area (TPSA) is 9.23 Å². The molecular weight excluding hydrogens is 327 g/mol. The van der Waals surface area contributed by atoms with Crippen molar-refractivity contribution >= 4 is 23.9 Å². The van der Waals surface area contributed by atoms with Crippen LogP contribution in [0.5, 0.6) is 5.75 Å². The molecule has 1 atom stereocenters. The molecule has 1 nitrogen and oxygen atoms in total. The van der Waals surface area contributed by atoms with E-state index in [1.54, 1.807) is 7.11 Å². The predicted molar refractivity (Wildman–Crippen MR) is 87.6 cm³/mol. The van der Waals surface area contributed by atoms with Gasteiger partial charge in [0.1, 0.15) is 22.3 Å². The van der Waals surface area contributed by atoms with Gasteiger partial charge in [0.2, 0.25) is 0 Å². The third-order valence-electron chi connectivity index (χ3n) is 2.98. The summed E-state index contributed by atoms with van der Waals surface area (Å²) in [6.07, 6.45) is 13.9. The van der Waals surface area contributed by atoms with Crippen molar-refractivity contribution in [2.75, 3.05) is 7.11 Å². The van der Waals surface area contributed by atoms with E-state index in [0.29, 0.717) is 5.25 Å². The van der Waals surface area contributed by atoms with Crippen LogP contribution in [0.3, 0.4) is 0 Å². The van der Waals surface area contributed by atoms with E-state index in [2.05, 4.69) is 48.6 Å². The lowest BCUT2D eigenvalue weighted by Crippen LogP contribution is -2.07. The zero-order valence-electron chi connectivity index (χ0n) is 12.2. The van der Waals surface area contributed by atoms with Crippen LogP contribution in [0, 0.1) is 6.08 Å². The van der Waals surface area contributed by atoms with Crippen LogP contribution in [0.1, 0.15) is 5.56 Å². The number of methoxy groups -OCH3 is 1. The lowest BCUT2D eigenvalue weighted by molar-refractivity contribution is 0.368. The van der Waals surface area contributed by atoms with E-state index < -0.39 is 7.25 Å². The molecule has 0 N–H and O–H groups in total. The molecule has 120 valence electrons. The molecule has 23 heavy (non-hydrogen) atoms. The number of halogens is 4. The largest absolute Gasteiger partial charge is 0.673 e. The minimum atomic E-state index is -6.00. The fourth-order valence-corrected chi connectivity index (χ4v) is 3.10. The predicted octanol–water partition coefficient (Wildman–Crippen LogP) is 5.31. The Balaban J connectivity index is 0.000000338. The highest BCUT2D eigenvalue weighted by molar-refractivity contribution is 8.09. The summed E-state index contributed by atoms with van der Waals surface area (Å²) in [6, 6.07) is 8.17. The van der Waals surface area contributed by atoms with Gasteiger partial charge in [0.05, 0.1) is 12.4 Å². The van der Waals surface area contributed by atoms with Gasteiger partial charge >= 0.3 is 7.25 Å². The molecule has 0 unspecified atom stereocenters. The molecule has 1 aliphatic carbocycles. The molecule has 0 saturated carbocycles. The molecule has 0 saturated heterocycles. The van der Waals surface area contributed by atoms with Gasteiger partial charge in [-0.15, -0.1) is 0 Å². The lowest BCUT2D eigenvalue weighted by atomic mass is 10.1.